The highest BCUT2D eigenvalue weighted by Gasteiger charge is 2.36. The summed E-state index contributed by atoms with van der Waals surface area (Å²) in [6.45, 7) is 12.5. The fourth-order valence-electron chi connectivity index (χ4n) is 2.61. The summed E-state index contributed by atoms with van der Waals surface area (Å²) in [4.78, 5) is 0. The summed E-state index contributed by atoms with van der Waals surface area (Å²) in [6, 6.07) is 5.81. The second kappa shape index (κ2) is 7.29. The van der Waals surface area contributed by atoms with E-state index in [0.717, 1.165) is 16.7 Å². The highest BCUT2D eigenvalue weighted by molar-refractivity contribution is 6.74. The van der Waals surface area contributed by atoms with Crippen LogP contribution in [0.2, 0.25) is 23.2 Å². The molecule has 0 spiro atoms. The van der Waals surface area contributed by atoms with E-state index in [0.29, 0.717) is 23.9 Å². The van der Waals surface area contributed by atoms with Gasteiger partial charge >= 0.3 is 0 Å². The molecular formula is C19H27ClN4O2Si. The van der Waals surface area contributed by atoms with Crippen molar-refractivity contribution in [3.05, 3.63) is 35.6 Å². The molecule has 0 bridgehead atoms. The molecule has 3 aromatic rings. The third-order valence-corrected chi connectivity index (χ3v) is 10.2. The van der Waals surface area contributed by atoms with E-state index in [-0.39, 0.29) is 5.04 Å². The molecule has 2 heterocycles. The van der Waals surface area contributed by atoms with Crippen molar-refractivity contribution >= 4 is 30.8 Å². The van der Waals surface area contributed by atoms with Gasteiger partial charge in [0, 0.05) is 11.6 Å². The Balaban J connectivity index is 1.75. The maximum absolute atomic E-state index is 6.28. The number of ether oxygens (including phenoxy) is 1. The molecule has 0 unspecified atom stereocenters. The van der Waals surface area contributed by atoms with Gasteiger partial charge in [-0.15, -0.1) is 5.10 Å². The quantitative estimate of drug-likeness (QED) is 0.546. The lowest BCUT2D eigenvalue weighted by Crippen LogP contribution is -2.41. The zero-order valence-electron chi connectivity index (χ0n) is 16.8. The first-order valence-electron chi connectivity index (χ1n) is 9.01. The first-order valence-corrected chi connectivity index (χ1v) is 12.3. The first-order chi connectivity index (χ1) is 12.6. The van der Waals surface area contributed by atoms with Gasteiger partial charge in [0.25, 0.3) is 0 Å². The molecule has 1 aromatic carbocycles. The summed E-state index contributed by atoms with van der Waals surface area (Å²) in [5.41, 5.74) is 0.963. The summed E-state index contributed by atoms with van der Waals surface area (Å²) < 4.78 is 15.3. The van der Waals surface area contributed by atoms with Crippen LogP contribution in [0, 0.1) is 0 Å². The molecule has 2 aromatic heterocycles. The molecule has 0 radical (unpaired) electrons. The molecule has 0 saturated carbocycles. The lowest BCUT2D eigenvalue weighted by molar-refractivity contribution is 0.264. The SMILES string of the molecule is COc1cc2ccn(-c3cn(CCO[Si](C)(C)C(C)(C)C)nn3)c2cc1Cl. The van der Waals surface area contributed by atoms with E-state index in [2.05, 4.69) is 44.2 Å². The van der Waals surface area contributed by atoms with E-state index in [9.17, 15) is 0 Å². The van der Waals surface area contributed by atoms with E-state index >= 15 is 0 Å². The molecule has 8 heteroatoms. The Hall–Kier alpha value is -1.83. The number of rotatable bonds is 6. The van der Waals surface area contributed by atoms with E-state index < -0.39 is 8.32 Å². The van der Waals surface area contributed by atoms with Crippen molar-refractivity contribution < 1.29 is 9.16 Å². The van der Waals surface area contributed by atoms with Gasteiger partial charge in [-0.25, -0.2) is 4.68 Å². The molecular weight excluding hydrogens is 380 g/mol. The Morgan fingerprint density at radius 1 is 1.22 bits per heavy atom. The summed E-state index contributed by atoms with van der Waals surface area (Å²) in [7, 11) is -0.137. The van der Waals surface area contributed by atoms with Crippen LogP contribution in [0.3, 0.4) is 0 Å². The summed E-state index contributed by atoms with van der Waals surface area (Å²) in [6.07, 6.45) is 3.88. The van der Waals surface area contributed by atoms with Gasteiger partial charge in [-0.2, -0.15) is 0 Å². The molecule has 0 atom stereocenters. The standard InChI is InChI=1S/C19H27ClN4O2Si/c1-19(2,3)27(5,6)26-10-9-23-13-18(21-22-23)24-8-7-14-11-17(25-4)15(20)12-16(14)24/h7-8,11-13H,9-10H2,1-6H3. The van der Waals surface area contributed by atoms with E-state index in [4.69, 9.17) is 20.8 Å². The number of hydrogen-bond donors (Lipinski definition) is 0. The Morgan fingerprint density at radius 3 is 2.63 bits per heavy atom. The fourth-order valence-corrected chi connectivity index (χ4v) is 3.88. The normalized spacial score (nSPS) is 12.7. The maximum Gasteiger partial charge on any atom is 0.192 e. The second-order valence-electron chi connectivity index (χ2n) is 8.18. The second-order valence-corrected chi connectivity index (χ2v) is 13.4. The minimum Gasteiger partial charge on any atom is -0.495 e. The van der Waals surface area contributed by atoms with Crippen molar-refractivity contribution in [2.24, 2.45) is 0 Å². The van der Waals surface area contributed by atoms with E-state index in [1.54, 1.807) is 7.11 Å². The van der Waals surface area contributed by atoms with Crippen molar-refractivity contribution in [3.63, 3.8) is 0 Å². The van der Waals surface area contributed by atoms with Gasteiger partial charge in [0.2, 0.25) is 0 Å². The fraction of sp³-hybridized carbons (Fsp3) is 0.474. The number of fused-ring (bicyclic) bond motifs is 1. The summed E-state index contributed by atoms with van der Waals surface area (Å²) in [5.74, 6) is 1.41. The number of hydrogen-bond acceptors (Lipinski definition) is 4. The van der Waals surface area contributed by atoms with Gasteiger partial charge in [-0.05, 0) is 36.3 Å². The van der Waals surface area contributed by atoms with Gasteiger partial charge in [-0.1, -0.05) is 37.6 Å². The van der Waals surface area contributed by atoms with Gasteiger partial charge < -0.3 is 9.16 Å². The van der Waals surface area contributed by atoms with Crippen LogP contribution in [0.1, 0.15) is 20.8 Å². The van der Waals surface area contributed by atoms with E-state index in [1.165, 1.54) is 0 Å². The van der Waals surface area contributed by atoms with Crippen molar-refractivity contribution in [2.75, 3.05) is 13.7 Å². The number of halogens is 1. The number of nitrogens with zero attached hydrogens (tertiary/aromatic N) is 4. The van der Waals surface area contributed by atoms with Crippen molar-refractivity contribution in [3.8, 4) is 11.6 Å². The monoisotopic (exact) mass is 406 g/mol. The molecule has 0 aliphatic rings. The Bertz CT molecular complexity index is 943. The Morgan fingerprint density at radius 2 is 1.96 bits per heavy atom. The van der Waals surface area contributed by atoms with Crippen molar-refractivity contribution in [1.82, 2.24) is 19.6 Å². The Kier molecular flexibility index (Phi) is 5.38. The van der Waals surface area contributed by atoms with Crippen molar-refractivity contribution in [1.29, 1.82) is 0 Å². The average molecular weight is 407 g/mol. The minimum absolute atomic E-state index is 0.199. The molecule has 146 valence electrons. The molecule has 0 fully saturated rings. The lowest BCUT2D eigenvalue weighted by Gasteiger charge is -2.36. The van der Waals surface area contributed by atoms with Crippen LogP contribution >= 0.6 is 11.6 Å². The molecule has 0 aliphatic heterocycles. The predicted molar refractivity (Wildman–Crippen MR) is 112 cm³/mol. The highest BCUT2D eigenvalue weighted by Crippen LogP contribution is 2.36. The molecule has 27 heavy (non-hydrogen) atoms. The van der Waals surface area contributed by atoms with Gasteiger partial charge in [-0.3, -0.25) is 4.57 Å². The van der Waals surface area contributed by atoms with Crippen LogP contribution < -0.4 is 4.74 Å². The van der Waals surface area contributed by atoms with Gasteiger partial charge in [0.05, 0.1) is 37.0 Å². The largest absolute Gasteiger partial charge is 0.495 e. The smallest absolute Gasteiger partial charge is 0.192 e. The third kappa shape index (κ3) is 4.05. The Labute approximate surface area is 166 Å². The lowest BCUT2D eigenvalue weighted by atomic mass is 10.2. The highest BCUT2D eigenvalue weighted by atomic mass is 35.5. The molecule has 0 N–H and O–H groups in total. The van der Waals surface area contributed by atoms with Gasteiger partial charge in [0.15, 0.2) is 14.1 Å². The molecule has 0 saturated heterocycles. The molecule has 0 aliphatic carbocycles. The minimum atomic E-state index is -1.75. The topological polar surface area (TPSA) is 54.1 Å². The van der Waals surface area contributed by atoms with Crippen molar-refractivity contribution in [2.45, 2.75) is 45.4 Å². The number of aromatic nitrogens is 4. The molecule has 0 amide bonds. The van der Waals surface area contributed by atoms with Crippen LogP contribution in [-0.4, -0.2) is 41.6 Å². The molecule has 6 nitrogen and oxygen atoms in total. The van der Waals surface area contributed by atoms with Crippen LogP contribution in [-0.2, 0) is 11.0 Å². The zero-order valence-corrected chi connectivity index (χ0v) is 18.5. The number of benzene rings is 1. The van der Waals surface area contributed by atoms with Crippen LogP contribution in [0.4, 0.5) is 0 Å². The van der Waals surface area contributed by atoms with Crippen LogP contribution in [0.25, 0.3) is 16.7 Å². The zero-order chi connectivity index (χ0) is 19.8. The first kappa shape index (κ1) is 19.9. The predicted octanol–water partition coefficient (Wildman–Crippen LogP) is 4.91. The summed E-state index contributed by atoms with van der Waals surface area (Å²) >= 11 is 6.28. The maximum atomic E-state index is 6.28. The van der Waals surface area contributed by atoms with Crippen LogP contribution in [0.5, 0.6) is 5.75 Å². The van der Waals surface area contributed by atoms with Crippen LogP contribution in [0.15, 0.2) is 30.6 Å². The van der Waals surface area contributed by atoms with E-state index in [1.807, 2.05) is 39.8 Å². The van der Waals surface area contributed by atoms with Gasteiger partial charge in [0.1, 0.15) is 5.75 Å². The third-order valence-electron chi connectivity index (χ3n) is 5.33. The molecule has 3 rings (SSSR count). The number of methoxy groups -OCH3 is 1. The average Bonchev–Trinajstić information content (AvgIpc) is 3.19. The summed E-state index contributed by atoms with van der Waals surface area (Å²) in [5, 5.41) is 10.3.